The molecule has 1 aliphatic heterocycles. The highest BCUT2D eigenvalue weighted by atomic mass is 35.6. The van der Waals surface area contributed by atoms with Gasteiger partial charge in [-0.1, -0.05) is 48.7 Å². The molecule has 1 saturated heterocycles. The largest absolute Gasteiger partial charge is 0.460 e. The summed E-state index contributed by atoms with van der Waals surface area (Å²) in [5.74, 6) is -1.70. The van der Waals surface area contributed by atoms with Gasteiger partial charge < -0.3 is 15.4 Å². The minimum Gasteiger partial charge on any atom is -0.460 e. The lowest BCUT2D eigenvalue weighted by Crippen LogP contribution is -2.60. The van der Waals surface area contributed by atoms with Crippen molar-refractivity contribution in [3.05, 3.63) is 0 Å². The molecule has 3 atom stereocenters. The normalized spacial score (nSPS) is 19.5. The van der Waals surface area contributed by atoms with Gasteiger partial charge in [0.25, 0.3) is 5.91 Å². The van der Waals surface area contributed by atoms with Gasteiger partial charge in [0.05, 0.1) is 0 Å². The number of alkyl halides is 3. The molecule has 9 nitrogen and oxygen atoms in total. The van der Waals surface area contributed by atoms with E-state index < -0.39 is 46.3 Å². The molecule has 0 saturated carbocycles. The highest BCUT2D eigenvalue weighted by Gasteiger charge is 2.33. The van der Waals surface area contributed by atoms with E-state index in [1.54, 1.807) is 13.8 Å². The van der Waals surface area contributed by atoms with Crippen LogP contribution in [0.5, 0.6) is 0 Å². The van der Waals surface area contributed by atoms with Crippen molar-refractivity contribution in [2.45, 2.75) is 55.5 Å². The molecule has 0 aromatic rings. The molecular weight excluding hydrogens is 435 g/mol. The third-order valence-corrected chi connectivity index (χ3v) is 4.37. The zero-order valence-corrected chi connectivity index (χ0v) is 18.1. The zero-order chi connectivity index (χ0) is 21.5. The van der Waals surface area contributed by atoms with Gasteiger partial charge in [0, 0.05) is 6.54 Å². The highest BCUT2D eigenvalue weighted by Crippen LogP contribution is 2.26. The fourth-order valence-electron chi connectivity index (χ4n) is 2.61. The third kappa shape index (κ3) is 7.98. The Labute approximate surface area is 178 Å². The Bertz CT molecular complexity index is 585. The number of nitrogens with one attached hydrogen (secondary N) is 3. The summed E-state index contributed by atoms with van der Waals surface area (Å²) in [5.41, 5.74) is 2.78. The van der Waals surface area contributed by atoms with Crippen LogP contribution >= 0.6 is 34.8 Å². The van der Waals surface area contributed by atoms with E-state index in [-0.39, 0.29) is 5.92 Å². The van der Waals surface area contributed by atoms with Gasteiger partial charge in [-0.2, -0.15) is 0 Å². The Balaban J connectivity index is 2.63. The smallest absolute Gasteiger partial charge is 0.325 e. The number of carbonyl (C=O) groups excluding carboxylic acids is 4. The molecule has 1 fully saturated rings. The number of rotatable bonds is 8. The van der Waals surface area contributed by atoms with Crippen LogP contribution in [0.2, 0.25) is 0 Å². The summed E-state index contributed by atoms with van der Waals surface area (Å²) < 4.78 is 3.22. The summed E-state index contributed by atoms with van der Waals surface area (Å²) in [6.07, 6.45) is 1.44. The summed E-state index contributed by atoms with van der Waals surface area (Å²) in [6.45, 7) is 5.01. The lowest BCUT2D eigenvalue weighted by molar-refractivity contribution is -0.152. The second-order valence-electron chi connectivity index (χ2n) is 6.77. The summed E-state index contributed by atoms with van der Waals surface area (Å²) in [6, 6.07) is -2.40. The molecule has 0 unspecified atom stereocenters. The maximum atomic E-state index is 12.6. The van der Waals surface area contributed by atoms with E-state index in [4.69, 9.17) is 39.5 Å². The van der Waals surface area contributed by atoms with Gasteiger partial charge in [0.2, 0.25) is 16.1 Å². The number of hydrazine groups is 1. The molecule has 3 amide bonds. The number of ether oxygens (including phenoxy) is 1. The average Bonchev–Trinajstić information content (AvgIpc) is 2.62. The number of carbonyl (C=O) groups is 4. The van der Waals surface area contributed by atoms with Crippen LogP contribution in [0.15, 0.2) is 0 Å². The van der Waals surface area contributed by atoms with E-state index in [0.717, 1.165) is 0 Å². The number of hydrogen-bond acceptors (Lipinski definition) is 6. The molecule has 0 aromatic heterocycles. The molecule has 1 heterocycles. The predicted octanol–water partition coefficient (Wildman–Crippen LogP) is 0.671. The van der Waals surface area contributed by atoms with Crippen molar-refractivity contribution in [2.24, 2.45) is 5.92 Å². The second kappa shape index (κ2) is 11.0. The Kier molecular flexibility index (Phi) is 9.76. The molecule has 12 heteroatoms. The van der Waals surface area contributed by atoms with Gasteiger partial charge in [-0.05, 0) is 25.7 Å². The van der Waals surface area contributed by atoms with Crippen LogP contribution in [-0.2, 0) is 23.9 Å². The average molecular weight is 460 g/mol. The molecule has 160 valence electrons. The molecule has 0 radical (unpaired) electrons. The fourth-order valence-corrected chi connectivity index (χ4v) is 2.78. The predicted molar refractivity (Wildman–Crippen MR) is 105 cm³/mol. The molecule has 3 N–H and O–H groups in total. The van der Waals surface area contributed by atoms with Crippen molar-refractivity contribution in [2.75, 3.05) is 13.2 Å². The van der Waals surface area contributed by atoms with Crippen LogP contribution < -0.4 is 16.1 Å². The third-order valence-electron chi connectivity index (χ3n) is 4.04. The van der Waals surface area contributed by atoms with E-state index in [1.807, 2.05) is 0 Å². The standard InChI is InChI=1S/C16H25Cl3N4O5/c1-9(2)12(20-8-24)13(25)21-10(3)14(26)23-6-4-5-11(22-23)15(27)28-7-16(17,18)19/h8-12,22H,4-7H2,1-3H3,(H,20,24)(H,21,25)/t10-,11-,12-/m0/s1. The molecule has 1 aliphatic rings. The van der Waals surface area contributed by atoms with Gasteiger partial charge in [-0.25, -0.2) is 5.43 Å². The number of halogens is 3. The zero-order valence-electron chi connectivity index (χ0n) is 15.8. The Hall–Kier alpha value is -1.29. The summed E-state index contributed by atoms with van der Waals surface area (Å²) in [5, 5.41) is 6.26. The molecule has 0 aromatic carbocycles. The van der Waals surface area contributed by atoms with Crippen molar-refractivity contribution in [1.29, 1.82) is 0 Å². The van der Waals surface area contributed by atoms with Crippen molar-refractivity contribution in [1.82, 2.24) is 21.1 Å². The molecular formula is C16H25Cl3N4O5. The van der Waals surface area contributed by atoms with E-state index in [9.17, 15) is 19.2 Å². The van der Waals surface area contributed by atoms with Crippen LogP contribution in [-0.4, -0.2) is 64.3 Å². The van der Waals surface area contributed by atoms with Gasteiger partial charge in [0.1, 0.15) is 24.7 Å². The summed E-state index contributed by atoms with van der Waals surface area (Å²) in [7, 11) is 0. The Morgan fingerprint density at radius 3 is 2.46 bits per heavy atom. The van der Waals surface area contributed by atoms with Crippen molar-refractivity contribution in [3.63, 3.8) is 0 Å². The van der Waals surface area contributed by atoms with Gasteiger partial charge >= 0.3 is 5.97 Å². The fraction of sp³-hybridized carbons (Fsp3) is 0.750. The van der Waals surface area contributed by atoms with E-state index in [0.29, 0.717) is 25.8 Å². The lowest BCUT2D eigenvalue weighted by atomic mass is 10.0. The molecule has 0 bridgehead atoms. The maximum absolute atomic E-state index is 12.6. The minimum atomic E-state index is -1.72. The SMILES string of the molecule is CC(C)[C@H](NC=O)C(=O)N[C@@H](C)C(=O)N1CCC[C@@H](C(=O)OCC(Cl)(Cl)Cl)N1. The van der Waals surface area contributed by atoms with E-state index in [2.05, 4.69) is 16.1 Å². The number of nitrogens with zero attached hydrogens (tertiary/aromatic N) is 1. The van der Waals surface area contributed by atoms with Crippen LogP contribution in [0.4, 0.5) is 0 Å². The summed E-state index contributed by atoms with van der Waals surface area (Å²) >= 11 is 16.7. The monoisotopic (exact) mass is 458 g/mol. The van der Waals surface area contributed by atoms with E-state index in [1.165, 1.54) is 11.9 Å². The van der Waals surface area contributed by atoms with Crippen LogP contribution in [0.3, 0.4) is 0 Å². The molecule has 0 spiro atoms. The first kappa shape index (κ1) is 24.7. The Morgan fingerprint density at radius 2 is 1.93 bits per heavy atom. The van der Waals surface area contributed by atoms with E-state index >= 15 is 0 Å². The first-order valence-electron chi connectivity index (χ1n) is 8.77. The molecule has 0 aliphatic carbocycles. The number of hydrogen-bond donors (Lipinski definition) is 3. The lowest BCUT2D eigenvalue weighted by Gasteiger charge is -2.34. The van der Waals surface area contributed by atoms with Gasteiger partial charge in [-0.3, -0.25) is 24.2 Å². The molecule has 28 heavy (non-hydrogen) atoms. The number of amides is 3. The Morgan fingerprint density at radius 1 is 1.29 bits per heavy atom. The maximum Gasteiger partial charge on any atom is 0.325 e. The van der Waals surface area contributed by atoms with Crippen molar-refractivity contribution in [3.8, 4) is 0 Å². The topological polar surface area (TPSA) is 117 Å². The van der Waals surface area contributed by atoms with Crippen molar-refractivity contribution >= 4 is 59.0 Å². The van der Waals surface area contributed by atoms with Gasteiger partial charge in [-0.15, -0.1) is 0 Å². The second-order valence-corrected chi connectivity index (χ2v) is 9.29. The first-order chi connectivity index (χ1) is 13.0. The molecule has 1 rings (SSSR count). The van der Waals surface area contributed by atoms with Crippen molar-refractivity contribution < 1.29 is 23.9 Å². The highest BCUT2D eigenvalue weighted by molar-refractivity contribution is 6.67. The van der Waals surface area contributed by atoms with Gasteiger partial charge in [0.15, 0.2) is 0 Å². The quantitative estimate of drug-likeness (QED) is 0.279. The van der Waals surface area contributed by atoms with Crippen LogP contribution in [0, 0.1) is 5.92 Å². The number of esters is 1. The first-order valence-corrected chi connectivity index (χ1v) is 9.90. The summed E-state index contributed by atoms with van der Waals surface area (Å²) in [4.78, 5) is 47.6. The minimum absolute atomic E-state index is 0.155. The van der Waals surface area contributed by atoms with Crippen LogP contribution in [0.1, 0.15) is 33.6 Å². The van der Waals surface area contributed by atoms with Crippen LogP contribution in [0.25, 0.3) is 0 Å².